The Labute approximate surface area is 156 Å². The number of nitrogens with zero attached hydrogens (tertiary/aromatic N) is 1. The lowest BCUT2D eigenvalue weighted by atomic mass is 10.1. The fraction of sp³-hybridized carbons (Fsp3) is 0.350. The quantitative estimate of drug-likeness (QED) is 0.814. The van der Waals surface area contributed by atoms with Crippen molar-refractivity contribution < 1.29 is 13.6 Å². The van der Waals surface area contributed by atoms with Gasteiger partial charge in [0.05, 0.1) is 5.56 Å². The largest absolute Gasteiger partial charge is 0.322 e. The maximum absolute atomic E-state index is 13.7. The number of carbonyl (C=O) groups excluding carboxylic acids is 1. The summed E-state index contributed by atoms with van der Waals surface area (Å²) < 4.78 is 26.7. The molecule has 0 unspecified atom stereocenters. The van der Waals surface area contributed by atoms with Crippen LogP contribution in [0.2, 0.25) is 0 Å². The van der Waals surface area contributed by atoms with Gasteiger partial charge in [-0.05, 0) is 62.8 Å². The number of amides is 1. The predicted octanol–water partition coefficient (Wildman–Crippen LogP) is 4.79. The van der Waals surface area contributed by atoms with Crippen molar-refractivity contribution in [3.63, 3.8) is 0 Å². The Morgan fingerprint density at radius 3 is 2.65 bits per heavy atom. The highest BCUT2D eigenvalue weighted by Gasteiger charge is 2.19. The molecule has 1 fully saturated rings. The van der Waals surface area contributed by atoms with Crippen LogP contribution in [-0.4, -0.2) is 35.7 Å². The van der Waals surface area contributed by atoms with Crippen LogP contribution in [0.3, 0.4) is 0 Å². The summed E-state index contributed by atoms with van der Waals surface area (Å²) in [6.07, 6.45) is 2.30. The first-order chi connectivity index (χ1) is 12.5. The molecule has 0 aliphatic carbocycles. The Balaban J connectivity index is 1.63. The third-order valence-electron chi connectivity index (χ3n) is 4.55. The average Bonchev–Trinajstić information content (AvgIpc) is 2.62. The highest BCUT2D eigenvalue weighted by atomic mass is 32.2. The van der Waals surface area contributed by atoms with E-state index in [1.807, 2.05) is 30.0 Å². The van der Waals surface area contributed by atoms with Crippen LogP contribution < -0.4 is 5.32 Å². The first-order valence-corrected chi connectivity index (χ1v) is 9.68. The number of hydrogen-bond acceptors (Lipinski definition) is 3. The van der Waals surface area contributed by atoms with Crippen molar-refractivity contribution in [1.29, 1.82) is 0 Å². The van der Waals surface area contributed by atoms with E-state index in [9.17, 15) is 13.6 Å². The summed E-state index contributed by atoms with van der Waals surface area (Å²) in [5, 5.41) is 3.26. The summed E-state index contributed by atoms with van der Waals surface area (Å²) in [6, 6.07) is 10.5. The molecule has 1 N–H and O–H groups in total. The number of thioether (sulfide) groups is 1. The van der Waals surface area contributed by atoms with Gasteiger partial charge in [0, 0.05) is 21.9 Å². The van der Waals surface area contributed by atoms with E-state index in [0.717, 1.165) is 49.5 Å². The number of hydrogen-bond donors (Lipinski definition) is 1. The summed E-state index contributed by atoms with van der Waals surface area (Å²) >= 11 is 1.82. The van der Waals surface area contributed by atoms with Crippen LogP contribution in [0.15, 0.2) is 47.4 Å². The van der Waals surface area contributed by atoms with Gasteiger partial charge >= 0.3 is 0 Å². The van der Waals surface area contributed by atoms with Crippen LogP contribution in [0.1, 0.15) is 30.1 Å². The summed E-state index contributed by atoms with van der Waals surface area (Å²) in [4.78, 5) is 15.8. The van der Waals surface area contributed by atoms with Crippen LogP contribution in [0.4, 0.5) is 14.5 Å². The molecule has 0 aromatic heterocycles. The van der Waals surface area contributed by atoms with Gasteiger partial charge in [-0.25, -0.2) is 8.78 Å². The monoisotopic (exact) mass is 376 g/mol. The lowest BCUT2D eigenvalue weighted by molar-refractivity contribution is 0.102. The number of benzene rings is 2. The molecule has 1 amide bonds. The van der Waals surface area contributed by atoms with E-state index in [4.69, 9.17) is 0 Å². The fourth-order valence-corrected chi connectivity index (χ4v) is 4.24. The van der Waals surface area contributed by atoms with Crippen LogP contribution in [0.5, 0.6) is 0 Å². The van der Waals surface area contributed by atoms with Crippen molar-refractivity contribution in [1.82, 2.24) is 4.90 Å². The molecule has 2 aromatic carbocycles. The van der Waals surface area contributed by atoms with E-state index < -0.39 is 17.5 Å². The second kappa shape index (κ2) is 8.64. The zero-order valence-electron chi connectivity index (χ0n) is 14.7. The van der Waals surface area contributed by atoms with E-state index in [0.29, 0.717) is 17.0 Å². The van der Waals surface area contributed by atoms with Gasteiger partial charge in [-0.3, -0.25) is 4.79 Å². The number of anilines is 1. The van der Waals surface area contributed by atoms with Crippen LogP contribution >= 0.6 is 11.8 Å². The predicted molar refractivity (Wildman–Crippen MR) is 102 cm³/mol. The third kappa shape index (κ3) is 4.83. The number of halogens is 2. The van der Waals surface area contributed by atoms with Crippen LogP contribution in [0.25, 0.3) is 0 Å². The number of rotatable bonds is 5. The minimum atomic E-state index is -0.865. The molecular weight excluding hydrogens is 354 g/mol. The lowest BCUT2D eigenvalue weighted by Gasteiger charge is -2.30. The molecule has 0 radical (unpaired) electrons. The van der Waals surface area contributed by atoms with Crippen molar-refractivity contribution in [2.24, 2.45) is 0 Å². The van der Waals surface area contributed by atoms with Gasteiger partial charge < -0.3 is 10.2 Å². The van der Waals surface area contributed by atoms with Crippen molar-refractivity contribution in [3.8, 4) is 0 Å². The Kier molecular flexibility index (Phi) is 6.27. The summed E-state index contributed by atoms with van der Waals surface area (Å²) in [7, 11) is 0. The topological polar surface area (TPSA) is 32.3 Å². The van der Waals surface area contributed by atoms with Gasteiger partial charge in [-0.15, -0.1) is 11.8 Å². The molecule has 138 valence electrons. The van der Waals surface area contributed by atoms with E-state index in [-0.39, 0.29) is 5.56 Å². The number of nitrogens with one attached hydrogen (secondary N) is 1. The standard InChI is InChI=1S/C20H22F2N2OS/c1-2-24-10-8-16(9-11-24)26-17-5-3-4-15(13-17)23-20(25)18-7-6-14(21)12-19(18)22/h3-7,12-13,16H,2,8-11H2,1H3,(H,23,25). The van der Waals surface area contributed by atoms with Gasteiger partial charge in [0.15, 0.2) is 0 Å². The van der Waals surface area contributed by atoms with Crippen molar-refractivity contribution in [2.75, 3.05) is 25.0 Å². The van der Waals surface area contributed by atoms with Crippen LogP contribution in [0, 0.1) is 11.6 Å². The Morgan fingerprint density at radius 1 is 1.19 bits per heavy atom. The molecule has 0 atom stereocenters. The maximum atomic E-state index is 13.7. The normalized spacial score (nSPS) is 15.8. The van der Waals surface area contributed by atoms with Crippen molar-refractivity contribution in [3.05, 3.63) is 59.7 Å². The second-order valence-electron chi connectivity index (χ2n) is 6.36. The maximum Gasteiger partial charge on any atom is 0.258 e. The SMILES string of the molecule is CCN1CCC(Sc2cccc(NC(=O)c3ccc(F)cc3F)c2)CC1. The molecular formula is C20H22F2N2OS. The lowest BCUT2D eigenvalue weighted by Crippen LogP contribution is -2.34. The van der Waals surface area contributed by atoms with E-state index in [1.165, 1.54) is 0 Å². The fourth-order valence-electron chi connectivity index (χ4n) is 3.06. The van der Waals surface area contributed by atoms with Gasteiger partial charge in [-0.2, -0.15) is 0 Å². The molecule has 3 rings (SSSR count). The first-order valence-electron chi connectivity index (χ1n) is 8.80. The minimum Gasteiger partial charge on any atom is -0.322 e. The molecule has 1 aliphatic rings. The molecule has 0 saturated carbocycles. The van der Waals surface area contributed by atoms with Gasteiger partial charge in [-0.1, -0.05) is 13.0 Å². The number of likely N-dealkylation sites (tertiary alicyclic amines) is 1. The zero-order chi connectivity index (χ0) is 18.5. The summed E-state index contributed by atoms with van der Waals surface area (Å²) in [5.74, 6) is -2.15. The van der Waals surface area contributed by atoms with Gasteiger partial charge in [0.2, 0.25) is 0 Å². The van der Waals surface area contributed by atoms with Crippen molar-refractivity contribution in [2.45, 2.75) is 29.9 Å². The Hall–Kier alpha value is -1.92. The molecule has 26 heavy (non-hydrogen) atoms. The van der Waals surface area contributed by atoms with E-state index >= 15 is 0 Å². The minimum absolute atomic E-state index is 0.170. The average molecular weight is 376 g/mol. The number of piperidine rings is 1. The highest BCUT2D eigenvalue weighted by Crippen LogP contribution is 2.31. The Bertz CT molecular complexity index is 776. The molecule has 1 aliphatic heterocycles. The first kappa shape index (κ1) is 18.9. The molecule has 3 nitrogen and oxygen atoms in total. The van der Waals surface area contributed by atoms with E-state index in [1.54, 1.807) is 6.07 Å². The zero-order valence-corrected chi connectivity index (χ0v) is 15.5. The highest BCUT2D eigenvalue weighted by molar-refractivity contribution is 8.00. The summed E-state index contributed by atoms with van der Waals surface area (Å²) in [5.41, 5.74) is 0.436. The van der Waals surface area contributed by atoms with E-state index in [2.05, 4.69) is 17.1 Å². The smallest absolute Gasteiger partial charge is 0.258 e. The second-order valence-corrected chi connectivity index (χ2v) is 7.73. The Morgan fingerprint density at radius 2 is 1.96 bits per heavy atom. The molecule has 0 bridgehead atoms. The molecule has 0 spiro atoms. The summed E-state index contributed by atoms with van der Waals surface area (Å²) in [6.45, 7) is 5.52. The molecule has 2 aromatic rings. The third-order valence-corrected chi connectivity index (χ3v) is 5.88. The van der Waals surface area contributed by atoms with Gasteiger partial charge in [0.1, 0.15) is 11.6 Å². The van der Waals surface area contributed by atoms with Crippen molar-refractivity contribution >= 4 is 23.4 Å². The number of carbonyl (C=O) groups is 1. The van der Waals surface area contributed by atoms with Gasteiger partial charge in [0.25, 0.3) is 5.91 Å². The molecule has 6 heteroatoms. The molecule has 1 saturated heterocycles. The molecule has 1 heterocycles. The van der Waals surface area contributed by atoms with Crippen LogP contribution in [-0.2, 0) is 0 Å².